The van der Waals surface area contributed by atoms with Crippen LogP contribution in [0.15, 0.2) is 22.6 Å². The van der Waals surface area contributed by atoms with E-state index in [2.05, 4.69) is 4.98 Å². The van der Waals surface area contributed by atoms with Gasteiger partial charge in [-0.3, -0.25) is 4.79 Å². The molecule has 1 heterocycles. The fourth-order valence-electron chi connectivity index (χ4n) is 1.66. The summed E-state index contributed by atoms with van der Waals surface area (Å²) in [6, 6.07) is 5.72. The van der Waals surface area contributed by atoms with Gasteiger partial charge in [0, 0.05) is 6.42 Å². The number of carboxylic acid groups (broad SMARTS) is 1. The van der Waals surface area contributed by atoms with E-state index >= 15 is 0 Å². The normalized spacial score (nSPS) is 11.9. The monoisotopic (exact) mass is 233 g/mol. The van der Waals surface area contributed by atoms with Gasteiger partial charge in [-0.15, -0.1) is 0 Å². The Morgan fingerprint density at radius 3 is 2.76 bits per heavy atom. The zero-order valence-corrected chi connectivity index (χ0v) is 10.2. The van der Waals surface area contributed by atoms with Gasteiger partial charge in [-0.05, 0) is 32.4 Å². The molecule has 0 aliphatic rings. The molecule has 0 spiro atoms. The molecule has 0 unspecified atom stereocenters. The van der Waals surface area contributed by atoms with E-state index in [1.807, 2.05) is 25.1 Å². The lowest BCUT2D eigenvalue weighted by atomic mass is 9.90. The highest BCUT2D eigenvalue weighted by Gasteiger charge is 2.29. The van der Waals surface area contributed by atoms with Gasteiger partial charge in [0.15, 0.2) is 11.5 Å². The highest BCUT2D eigenvalue weighted by atomic mass is 16.4. The van der Waals surface area contributed by atoms with Crippen LogP contribution in [0.25, 0.3) is 11.1 Å². The van der Waals surface area contributed by atoms with E-state index in [4.69, 9.17) is 9.52 Å². The summed E-state index contributed by atoms with van der Waals surface area (Å²) < 4.78 is 5.61. The fourth-order valence-corrected chi connectivity index (χ4v) is 1.66. The Morgan fingerprint density at radius 1 is 1.47 bits per heavy atom. The van der Waals surface area contributed by atoms with Gasteiger partial charge < -0.3 is 9.52 Å². The largest absolute Gasteiger partial charge is 0.481 e. The van der Waals surface area contributed by atoms with E-state index in [1.165, 1.54) is 0 Å². The number of benzene rings is 1. The first-order valence-corrected chi connectivity index (χ1v) is 5.48. The van der Waals surface area contributed by atoms with Crippen LogP contribution in [0.1, 0.15) is 25.3 Å². The van der Waals surface area contributed by atoms with Gasteiger partial charge in [0.1, 0.15) is 5.52 Å². The molecule has 0 atom stereocenters. The number of rotatable bonds is 3. The van der Waals surface area contributed by atoms with Gasteiger partial charge in [0.25, 0.3) is 0 Å². The quantitative estimate of drug-likeness (QED) is 0.885. The van der Waals surface area contributed by atoms with Crippen LogP contribution in [-0.2, 0) is 11.2 Å². The van der Waals surface area contributed by atoms with Crippen LogP contribution < -0.4 is 0 Å². The molecule has 4 nitrogen and oxygen atoms in total. The number of para-hydroxylation sites is 1. The standard InChI is InChI=1S/C13H15NO3/c1-8-5-4-6-9-11(8)17-10(14-9)7-13(2,3)12(15)16/h4-6H,7H2,1-3H3,(H,15,16). The maximum atomic E-state index is 11.0. The second kappa shape index (κ2) is 3.87. The second-order valence-corrected chi connectivity index (χ2v) is 4.90. The number of aliphatic carboxylic acids is 1. The molecule has 0 radical (unpaired) electrons. The molecule has 0 aliphatic carbocycles. The van der Waals surface area contributed by atoms with Crippen LogP contribution >= 0.6 is 0 Å². The van der Waals surface area contributed by atoms with E-state index in [1.54, 1.807) is 13.8 Å². The number of carbonyl (C=O) groups is 1. The van der Waals surface area contributed by atoms with Gasteiger partial charge in [-0.25, -0.2) is 4.98 Å². The van der Waals surface area contributed by atoms with Crippen molar-refractivity contribution in [2.75, 3.05) is 0 Å². The van der Waals surface area contributed by atoms with Crippen LogP contribution in [0.5, 0.6) is 0 Å². The fraction of sp³-hybridized carbons (Fsp3) is 0.385. The van der Waals surface area contributed by atoms with Crippen molar-refractivity contribution in [3.8, 4) is 0 Å². The van der Waals surface area contributed by atoms with Gasteiger partial charge in [-0.2, -0.15) is 0 Å². The van der Waals surface area contributed by atoms with Crippen LogP contribution in [0.2, 0.25) is 0 Å². The average Bonchev–Trinajstić information content (AvgIpc) is 2.60. The third-order valence-corrected chi connectivity index (χ3v) is 2.83. The molecule has 17 heavy (non-hydrogen) atoms. The molecule has 1 aromatic carbocycles. The van der Waals surface area contributed by atoms with Crippen molar-refractivity contribution in [2.45, 2.75) is 27.2 Å². The van der Waals surface area contributed by atoms with Gasteiger partial charge >= 0.3 is 5.97 Å². The molecule has 2 rings (SSSR count). The summed E-state index contributed by atoms with van der Waals surface area (Å²) in [4.78, 5) is 15.3. The molecule has 0 fully saturated rings. The van der Waals surface area contributed by atoms with E-state index in [9.17, 15) is 4.79 Å². The Bertz CT molecular complexity index is 569. The average molecular weight is 233 g/mol. The first kappa shape index (κ1) is 11.6. The number of carboxylic acids is 1. The summed E-state index contributed by atoms with van der Waals surface area (Å²) in [6.07, 6.45) is 0.288. The molecule has 90 valence electrons. The predicted molar refractivity (Wildman–Crippen MR) is 63.9 cm³/mol. The zero-order valence-electron chi connectivity index (χ0n) is 10.2. The third kappa shape index (κ3) is 2.16. The molecule has 0 saturated heterocycles. The summed E-state index contributed by atoms with van der Waals surface area (Å²) in [6.45, 7) is 5.27. The van der Waals surface area contributed by atoms with Crippen LogP contribution in [0.3, 0.4) is 0 Å². The Labute approximate surface area is 99.3 Å². The van der Waals surface area contributed by atoms with Gasteiger partial charge in [0.2, 0.25) is 0 Å². The van der Waals surface area contributed by atoms with Crippen molar-refractivity contribution in [3.63, 3.8) is 0 Å². The number of nitrogens with zero attached hydrogens (tertiary/aromatic N) is 1. The lowest BCUT2D eigenvalue weighted by Crippen LogP contribution is -2.26. The minimum atomic E-state index is -0.866. The Kier molecular flexibility index (Phi) is 2.65. The molecule has 0 saturated carbocycles. The lowest BCUT2D eigenvalue weighted by Gasteiger charge is -2.15. The SMILES string of the molecule is Cc1cccc2nc(CC(C)(C)C(=O)O)oc12. The molecule has 1 aromatic heterocycles. The number of aromatic nitrogens is 1. The predicted octanol–water partition coefficient (Wildman–Crippen LogP) is 2.79. The molecule has 0 aliphatic heterocycles. The van der Waals surface area contributed by atoms with E-state index in [0.717, 1.165) is 16.7 Å². The molecule has 1 N–H and O–H groups in total. The molecule has 0 bridgehead atoms. The summed E-state index contributed by atoms with van der Waals surface area (Å²) in [5.41, 5.74) is 1.66. The van der Waals surface area contributed by atoms with Crippen molar-refractivity contribution in [1.82, 2.24) is 4.98 Å². The first-order chi connectivity index (χ1) is 7.90. The molecular formula is C13H15NO3. The van der Waals surface area contributed by atoms with Gasteiger partial charge in [-0.1, -0.05) is 12.1 Å². The van der Waals surface area contributed by atoms with E-state index in [-0.39, 0.29) is 6.42 Å². The maximum Gasteiger partial charge on any atom is 0.309 e. The van der Waals surface area contributed by atoms with E-state index in [0.29, 0.717) is 5.89 Å². The van der Waals surface area contributed by atoms with Crippen molar-refractivity contribution in [1.29, 1.82) is 0 Å². The Hall–Kier alpha value is -1.84. The van der Waals surface area contributed by atoms with Crippen LogP contribution in [0.4, 0.5) is 0 Å². The topological polar surface area (TPSA) is 63.3 Å². The molecule has 0 amide bonds. The second-order valence-electron chi connectivity index (χ2n) is 4.90. The van der Waals surface area contributed by atoms with Crippen molar-refractivity contribution >= 4 is 17.1 Å². The number of oxazole rings is 1. The summed E-state index contributed by atoms with van der Waals surface area (Å²) in [5, 5.41) is 9.06. The highest BCUT2D eigenvalue weighted by molar-refractivity contribution is 5.77. The first-order valence-electron chi connectivity index (χ1n) is 5.48. The summed E-state index contributed by atoms with van der Waals surface area (Å²) in [5.74, 6) is -0.377. The number of aryl methyl sites for hydroxylation is 1. The van der Waals surface area contributed by atoms with Gasteiger partial charge in [0.05, 0.1) is 5.41 Å². The van der Waals surface area contributed by atoms with Crippen molar-refractivity contribution in [2.24, 2.45) is 5.41 Å². The number of hydrogen-bond acceptors (Lipinski definition) is 3. The smallest absolute Gasteiger partial charge is 0.309 e. The summed E-state index contributed by atoms with van der Waals surface area (Å²) in [7, 11) is 0. The molecule has 4 heteroatoms. The minimum absolute atomic E-state index is 0.288. The van der Waals surface area contributed by atoms with Crippen LogP contribution in [-0.4, -0.2) is 16.1 Å². The Morgan fingerprint density at radius 2 is 2.18 bits per heavy atom. The van der Waals surface area contributed by atoms with Crippen molar-refractivity contribution in [3.05, 3.63) is 29.7 Å². The molecular weight excluding hydrogens is 218 g/mol. The number of hydrogen-bond donors (Lipinski definition) is 1. The van der Waals surface area contributed by atoms with Crippen LogP contribution in [0, 0.1) is 12.3 Å². The minimum Gasteiger partial charge on any atom is -0.481 e. The van der Waals surface area contributed by atoms with E-state index < -0.39 is 11.4 Å². The highest BCUT2D eigenvalue weighted by Crippen LogP contribution is 2.25. The zero-order chi connectivity index (χ0) is 12.6. The third-order valence-electron chi connectivity index (χ3n) is 2.83. The molecule has 2 aromatic rings. The lowest BCUT2D eigenvalue weighted by molar-refractivity contribution is -0.147. The maximum absolute atomic E-state index is 11.0. The van der Waals surface area contributed by atoms with Crippen molar-refractivity contribution < 1.29 is 14.3 Å². The number of fused-ring (bicyclic) bond motifs is 1. The Balaban J connectivity index is 2.38. The summed E-state index contributed by atoms with van der Waals surface area (Å²) >= 11 is 0.